The Hall–Kier alpha value is -2.17. The van der Waals surface area contributed by atoms with Crippen LogP contribution < -0.4 is 0 Å². The Morgan fingerprint density at radius 1 is 1.20 bits per heavy atom. The number of hydrogen-bond acceptors (Lipinski definition) is 2. The summed E-state index contributed by atoms with van der Waals surface area (Å²) in [5.41, 5.74) is 0.931. The van der Waals surface area contributed by atoms with Crippen molar-refractivity contribution in [1.29, 1.82) is 5.41 Å². The normalized spacial score (nSPS) is 12.8. The zero-order valence-electron chi connectivity index (χ0n) is 11.1. The van der Waals surface area contributed by atoms with Gasteiger partial charge in [-0.3, -0.25) is 4.79 Å². The van der Waals surface area contributed by atoms with Crippen molar-refractivity contribution in [2.24, 2.45) is 0 Å². The van der Waals surface area contributed by atoms with Crippen LogP contribution in [0.2, 0.25) is 0 Å². The van der Waals surface area contributed by atoms with E-state index in [0.717, 1.165) is 23.4 Å². The lowest BCUT2D eigenvalue weighted by Crippen LogP contribution is -2.12. The van der Waals surface area contributed by atoms with Crippen LogP contribution in [0.5, 0.6) is 0 Å². The molecule has 1 aromatic rings. The molecule has 0 amide bonds. The summed E-state index contributed by atoms with van der Waals surface area (Å²) in [6.45, 7) is 3.64. The van der Waals surface area contributed by atoms with Crippen molar-refractivity contribution in [3.63, 3.8) is 0 Å². The Morgan fingerprint density at radius 3 is 2.35 bits per heavy atom. The lowest BCUT2D eigenvalue weighted by atomic mass is 10.0. The first-order valence-electron chi connectivity index (χ1n) is 5.83. The molecule has 0 spiro atoms. The highest BCUT2D eigenvalue weighted by molar-refractivity contribution is 6.05. The first-order chi connectivity index (χ1) is 9.25. The van der Waals surface area contributed by atoms with Gasteiger partial charge in [-0.1, -0.05) is 12.1 Å². The van der Waals surface area contributed by atoms with Crippen molar-refractivity contribution in [1.82, 2.24) is 0 Å². The Bertz CT molecular complexity index is 583. The topological polar surface area (TPSA) is 40.9 Å². The summed E-state index contributed by atoms with van der Waals surface area (Å²) in [5.74, 6) is -0.713. The van der Waals surface area contributed by atoms with Crippen LogP contribution in [0.4, 0.5) is 13.2 Å². The molecule has 106 valence electrons. The average molecular weight is 281 g/mol. The van der Waals surface area contributed by atoms with Gasteiger partial charge < -0.3 is 5.41 Å². The second kappa shape index (κ2) is 6.32. The molecule has 0 heterocycles. The molecule has 0 radical (unpaired) electrons. The van der Waals surface area contributed by atoms with Gasteiger partial charge in [0.1, 0.15) is 0 Å². The predicted molar refractivity (Wildman–Crippen MR) is 72.3 cm³/mol. The minimum atomic E-state index is -4.63. The van der Waals surface area contributed by atoms with E-state index in [0.29, 0.717) is 12.2 Å². The van der Waals surface area contributed by atoms with E-state index in [9.17, 15) is 18.0 Å². The van der Waals surface area contributed by atoms with Gasteiger partial charge in [0.15, 0.2) is 5.78 Å². The van der Waals surface area contributed by atoms with Gasteiger partial charge in [0.05, 0.1) is 5.57 Å². The third-order valence-corrected chi connectivity index (χ3v) is 2.78. The average Bonchev–Trinajstić information content (AvgIpc) is 2.36. The fourth-order valence-corrected chi connectivity index (χ4v) is 1.50. The fourth-order valence-electron chi connectivity index (χ4n) is 1.50. The molecule has 0 aliphatic heterocycles. The van der Waals surface area contributed by atoms with Crippen molar-refractivity contribution in [2.45, 2.75) is 20.0 Å². The molecular weight excluding hydrogens is 267 g/mol. The van der Waals surface area contributed by atoms with Gasteiger partial charge in [-0.05, 0) is 49.3 Å². The molecule has 0 unspecified atom stereocenters. The van der Waals surface area contributed by atoms with Crippen LogP contribution in [-0.2, 0) is 0 Å². The highest BCUT2D eigenvalue weighted by atomic mass is 19.4. The third-order valence-electron chi connectivity index (χ3n) is 2.78. The molecule has 0 saturated heterocycles. The van der Waals surface area contributed by atoms with Crippen molar-refractivity contribution in [3.05, 3.63) is 58.7 Å². The zero-order chi connectivity index (χ0) is 15.3. The number of hydrogen-bond donors (Lipinski definition) is 1. The maximum atomic E-state index is 12.7. The lowest BCUT2D eigenvalue weighted by Gasteiger charge is -2.07. The second-order valence-electron chi connectivity index (χ2n) is 4.29. The SMILES string of the molecule is Cc1ccc(C(=O)/C=C(\C=C/C=N)C(F)(F)F)cc1C. The number of carbonyl (C=O) groups excluding carboxylic acids is 1. The molecular formula is C15H14F3NO. The number of carbonyl (C=O) groups is 1. The molecule has 1 aromatic carbocycles. The maximum absolute atomic E-state index is 12.7. The highest BCUT2D eigenvalue weighted by Gasteiger charge is 2.32. The molecule has 0 saturated carbocycles. The molecule has 1 N–H and O–H groups in total. The van der Waals surface area contributed by atoms with E-state index in [-0.39, 0.29) is 5.56 Å². The third kappa shape index (κ3) is 4.19. The van der Waals surface area contributed by atoms with E-state index in [1.54, 1.807) is 19.1 Å². The summed E-state index contributed by atoms with van der Waals surface area (Å²) in [5, 5.41) is 6.71. The van der Waals surface area contributed by atoms with E-state index >= 15 is 0 Å². The molecule has 0 bridgehead atoms. The van der Waals surface area contributed by atoms with Crippen LogP contribution >= 0.6 is 0 Å². The highest BCUT2D eigenvalue weighted by Crippen LogP contribution is 2.27. The number of alkyl halides is 3. The van der Waals surface area contributed by atoms with Crippen molar-refractivity contribution in [2.75, 3.05) is 0 Å². The molecule has 0 atom stereocenters. The van der Waals surface area contributed by atoms with Crippen molar-refractivity contribution >= 4 is 12.0 Å². The van der Waals surface area contributed by atoms with Crippen LogP contribution in [0.1, 0.15) is 21.5 Å². The summed E-state index contributed by atoms with van der Waals surface area (Å²) in [6, 6.07) is 4.75. The molecule has 0 aromatic heterocycles. The lowest BCUT2D eigenvalue weighted by molar-refractivity contribution is -0.0882. The Morgan fingerprint density at radius 2 is 1.85 bits per heavy atom. The maximum Gasteiger partial charge on any atom is 0.416 e. The van der Waals surface area contributed by atoms with Crippen LogP contribution in [0.25, 0.3) is 0 Å². The summed E-state index contributed by atoms with van der Waals surface area (Å²) < 4.78 is 38.1. The molecule has 0 fully saturated rings. The van der Waals surface area contributed by atoms with E-state index in [2.05, 4.69) is 0 Å². The second-order valence-corrected chi connectivity index (χ2v) is 4.29. The summed E-state index contributed by atoms with van der Waals surface area (Å²) in [4.78, 5) is 11.9. The van der Waals surface area contributed by atoms with Crippen LogP contribution in [0.3, 0.4) is 0 Å². The summed E-state index contributed by atoms with van der Waals surface area (Å²) >= 11 is 0. The Balaban J connectivity index is 3.16. The predicted octanol–water partition coefficient (Wildman–Crippen LogP) is 4.18. The van der Waals surface area contributed by atoms with Crippen molar-refractivity contribution < 1.29 is 18.0 Å². The van der Waals surface area contributed by atoms with Gasteiger partial charge in [0.2, 0.25) is 0 Å². The molecule has 5 heteroatoms. The van der Waals surface area contributed by atoms with Crippen LogP contribution in [0.15, 0.2) is 42.0 Å². The number of allylic oxidation sites excluding steroid dienone is 4. The number of aryl methyl sites for hydroxylation is 2. The summed E-state index contributed by atoms with van der Waals surface area (Å²) in [7, 11) is 0. The van der Waals surface area contributed by atoms with E-state index < -0.39 is 17.5 Å². The number of nitrogens with one attached hydrogen (secondary N) is 1. The van der Waals surface area contributed by atoms with E-state index in [4.69, 9.17) is 5.41 Å². The number of rotatable bonds is 4. The minimum Gasteiger partial charge on any atom is -0.309 e. The number of halogens is 3. The van der Waals surface area contributed by atoms with Gasteiger partial charge in [0.25, 0.3) is 0 Å². The number of benzene rings is 1. The minimum absolute atomic E-state index is 0.207. The largest absolute Gasteiger partial charge is 0.416 e. The first kappa shape index (κ1) is 15.9. The van der Waals surface area contributed by atoms with Crippen LogP contribution in [0, 0.1) is 19.3 Å². The van der Waals surface area contributed by atoms with Crippen LogP contribution in [-0.4, -0.2) is 18.2 Å². The van der Waals surface area contributed by atoms with Gasteiger partial charge >= 0.3 is 6.18 Å². The molecule has 2 nitrogen and oxygen atoms in total. The molecule has 0 aliphatic carbocycles. The first-order valence-corrected chi connectivity index (χ1v) is 5.83. The molecule has 0 aliphatic rings. The van der Waals surface area contributed by atoms with E-state index in [1.165, 1.54) is 6.07 Å². The molecule has 1 rings (SSSR count). The quantitative estimate of drug-likeness (QED) is 0.382. The molecule has 20 heavy (non-hydrogen) atoms. The van der Waals surface area contributed by atoms with E-state index in [1.807, 2.05) is 6.92 Å². The Labute approximate surface area is 115 Å². The van der Waals surface area contributed by atoms with Crippen molar-refractivity contribution in [3.8, 4) is 0 Å². The monoisotopic (exact) mass is 281 g/mol. The summed E-state index contributed by atoms with van der Waals surface area (Å²) in [6.07, 6.45) is -1.74. The number of ketones is 1. The smallest absolute Gasteiger partial charge is 0.309 e. The van der Waals surface area contributed by atoms with Gasteiger partial charge in [-0.2, -0.15) is 13.2 Å². The van der Waals surface area contributed by atoms with Gasteiger partial charge in [0, 0.05) is 11.8 Å². The standard InChI is InChI=1S/C15H14F3NO/c1-10-5-6-12(8-11(10)2)14(20)9-13(4-3-7-19)15(16,17)18/h3-9,19H,1-2H3/b4-3-,13-9+,19-7?. The zero-order valence-corrected chi connectivity index (χ0v) is 11.1. The fraction of sp³-hybridized carbons (Fsp3) is 0.200. The van der Waals surface area contributed by atoms with Gasteiger partial charge in [-0.15, -0.1) is 0 Å². The Kier molecular flexibility index (Phi) is 5.02. The van der Waals surface area contributed by atoms with Gasteiger partial charge in [-0.25, -0.2) is 0 Å².